The number of esters is 1. The van der Waals surface area contributed by atoms with Gasteiger partial charge in [-0.05, 0) is 59.3 Å². The van der Waals surface area contributed by atoms with Gasteiger partial charge in [-0.1, -0.05) is 37.8 Å². The molecule has 1 spiro atoms. The molecule has 0 radical (unpaired) electrons. The molecule has 3 fully saturated rings. The number of amides is 1. The van der Waals surface area contributed by atoms with Crippen LogP contribution in [-0.4, -0.2) is 61.7 Å². The van der Waals surface area contributed by atoms with E-state index in [1.165, 1.54) is 5.57 Å². The van der Waals surface area contributed by atoms with Gasteiger partial charge in [0.15, 0.2) is 0 Å². The Bertz CT molecular complexity index is 744. The summed E-state index contributed by atoms with van der Waals surface area (Å²) in [6.07, 6.45) is 11.3. The van der Waals surface area contributed by atoms with Gasteiger partial charge in [0.2, 0.25) is 5.91 Å². The van der Waals surface area contributed by atoms with Gasteiger partial charge in [0.25, 0.3) is 0 Å². The van der Waals surface area contributed by atoms with Gasteiger partial charge in [-0.3, -0.25) is 9.59 Å². The van der Waals surface area contributed by atoms with E-state index in [9.17, 15) is 9.59 Å². The van der Waals surface area contributed by atoms with Gasteiger partial charge in [-0.25, -0.2) is 0 Å². The Kier molecular flexibility index (Phi) is 10.2. The summed E-state index contributed by atoms with van der Waals surface area (Å²) in [7, 11) is 1.71. The molecule has 200 valence electrons. The molecule has 2 saturated heterocycles. The van der Waals surface area contributed by atoms with E-state index < -0.39 is 0 Å². The van der Waals surface area contributed by atoms with Crippen molar-refractivity contribution in [3.8, 4) is 0 Å². The number of hydrogen-bond donors (Lipinski definition) is 1. The first-order valence-electron chi connectivity index (χ1n) is 13.7. The molecule has 1 saturated carbocycles. The maximum Gasteiger partial charge on any atom is 0.306 e. The summed E-state index contributed by atoms with van der Waals surface area (Å²) in [6.45, 7) is 9.85. The van der Waals surface area contributed by atoms with Crippen molar-refractivity contribution >= 4 is 11.9 Å². The van der Waals surface area contributed by atoms with Gasteiger partial charge in [-0.2, -0.15) is 0 Å². The first-order valence-corrected chi connectivity index (χ1v) is 13.7. The fraction of sp³-hybridized carbons (Fsp3) is 0.857. The van der Waals surface area contributed by atoms with E-state index in [1.807, 2.05) is 6.92 Å². The Morgan fingerprint density at radius 2 is 1.83 bits per heavy atom. The second kappa shape index (κ2) is 12.7. The number of carbonyl (C=O) groups excluding carboxylic acids is 2. The van der Waals surface area contributed by atoms with Crippen molar-refractivity contribution in [2.75, 3.05) is 20.3 Å². The Labute approximate surface area is 211 Å². The van der Waals surface area contributed by atoms with Crippen LogP contribution in [0.25, 0.3) is 0 Å². The molecule has 0 aromatic heterocycles. The van der Waals surface area contributed by atoms with Crippen molar-refractivity contribution in [3.63, 3.8) is 0 Å². The lowest BCUT2D eigenvalue weighted by Crippen LogP contribution is -2.55. The number of ether oxygens (including phenoxy) is 4. The molecule has 2 aliphatic heterocycles. The molecule has 1 N–H and O–H groups in total. The molecule has 0 aromatic carbocycles. The topological polar surface area (TPSA) is 89.7 Å². The van der Waals surface area contributed by atoms with Crippen molar-refractivity contribution in [1.82, 2.24) is 5.32 Å². The summed E-state index contributed by atoms with van der Waals surface area (Å²) in [5, 5.41) is 2.95. The van der Waals surface area contributed by atoms with Crippen LogP contribution in [0.3, 0.4) is 0 Å². The van der Waals surface area contributed by atoms with Crippen LogP contribution in [-0.2, 0) is 28.5 Å². The van der Waals surface area contributed by atoms with Gasteiger partial charge in [0.1, 0.15) is 23.4 Å². The predicted molar refractivity (Wildman–Crippen MR) is 135 cm³/mol. The van der Waals surface area contributed by atoms with E-state index >= 15 is 0 Å². The molecule has 0 aromatic rings. The van der Waals surface area contributed by atoms with Gasteiger partial charge in [-0.15, -0.1) is 0 Å². The lowest BCUT2D eigenvalue weighted by atomic mass is 9.68. The molecule has 1 amide bonds. The SMILES string of the molecule is CCCC(=O)NCCCCCCCC(=O)OC1CC[C@]2(CO2)C([C@@]2(C)O[C@@H]2CC=C(C)C)C1OC. The van der Waals surface area contributed by atoms with Crippen molar-refractivity contribution in [2.45, 2.75) is 128 Å². The number of epoxide rings is 2. The molecule has 3 unspecified atom stereocenters. The van der Waals surface area contributed by atoms with E-state index in [-0.39, 0.29) is 47.3 Å². The van der Waals surface area contributed by atoms with Gasteiger partial charge in [0, 0.05) is 26.5 Å². The quantitative estimate of drug-likeness (QED) is 0.152. The van der Waals surface area contributed by atoms with Gasteiger partial charge >= 0.3 is 5.97 Å². The maximum atomic E-state index is 12.6. The van der Waals surface area contributed by atoms with E-state index in [2.05, 4.69) is 32.2 Å². The smallest absolute Gasteiger partial charge is 0.306 e. The van der Waals surface area contributed by atoms with Crippen LogP contribution >= 0.6 is 0 Å². The molecule has 3 aliphatic rings. The molecule has 1 aliphatic carbocycles. The summed E-state index contributed by atoms with van der Waals surface area (Å²) in [6, 6.07) is 0. The van der Waals surface area contributed by atoms with E-state index in [1.54, 1.807) is 7.11 Å². The first kappa shape index (κ1) is 28.1. The molecule has 35 heavy (non-hydrogen) atoms. The average molecular weight is 494 g/mol. The van der Waals surface area contributed by atoms with Crippen LogP contribution in [0.5, 0.6) is 0 Å². The fourth-order valence-electron chi connectivity index (χ4n) is 5.77. The lowest BCUT2D eigenvalue weighted by molar-refractivity contribution is -0.172. The van der Waals surface area contributed by atoms with Crippen LogP contribution in [0.2, 0.25) is 0 Å². The molecule has 3 rings (SSSR count). The third-order valence-electron chi connectivity index (χ3n) is 7.88. The van der Waals surface area contributed by atoms with Crippen LogP contribution in [0.15, 0.2) is 11.6 Å². The normalized spacial score (nSPS) is 33.3. The van der Waals surface area contributed by atoms with Crippen LogP contribution in [0, 0.1) is 5.92 Å². The van der Waals surface area contributed by atoms with Gasteiger partial charge < -0.3 is 24.3 Å². The largest absolute Gasteiger partial charge is 0.460 e. The van der Waals surface area contributed by atoms with Crippen molar-refractivity contribution < 1.29 is 28.5 Å². The van der Waals surface area contributed by atoms with Crippen LogP contribution < -0.4 is 5.32 Å². The standard InChI is InChI=1S/C28H47NO6/c1-6-12-23(30)29-18-11-9-7-8-10-13-24(31)34-21-16-17-28(19-33-28)26(25(21)32-5)27(4)22(35-27)15-14-20(2)3/h14,21-22,25-26H,6-13,15-19H2,1-5H3,(H,29,30)/t21?,22-,25?,26?,27+,28+/m1/s1. The summed E-state index contributed by atoms with van der Waals surface area (Å²) in [5.74, 6) is 0.0533. The number of carbonyl (C=O) groups is 2. The highest BCUT2D eigenvalue weighted by Gasteiger charge is 2.72. The number of nitrogens with one attached hydrogen (secondary N) is 1. The van der Waals surface area contributed by atoms with E-state index in [0.717, 1.165) is 70.9 Å². The number of allylic oxidation sites excluding steroid dienone is 1. The Hall–Kier alpha value is -1.44. The molecule has 7 heteroatoms. The van der Waals surface area contributed by atoms with E-state index in [0.29, 0.717) is 12.8 Å². The third kappa shape index (κ3) is 7.53. The summed E-state index contributed by atoms with van der Waals surface area (Å²) < 4.78 is 24.1. The highest BCUT2D eigenvalue weighted by Crippen LogP contribution is 2.59. The Balaban J connectivity index is 1.40. The third-order valence-corrected chi connectivity index (χ3v) is 7.88. The monoisotopic (exact) mass is 493 g/mol. The highest BCUT2D eigenvalue weighted by atomic mass is 16.6. The Morgan fingerprint density at radius 3 is 2.49 bits per heavy atom. The van der Waals surface area contributed by atoms with Crippen LogP contribution in [0.1, 0.15) is 98.3 Å². The molecule has 6 atom stereocenters. The molecular weight excluding hydrogens is 446 g/mol. The highest BCUT2D eigenvalue weighted by molar-refractivity contribution is 5.75. The number of methoxy groups -OCH3 is 1. The Morgan fingerprint density at radius 1 is 1.11 bits per heavy atom. The summed E-state index contributed by atoms with van der Waals surface area (Å²) in [5.41, 5.74) is 0.774. The number of unbranched alkanes of at least 4 members (excludes halogenated alkanes) is 4. The second-order valence-corrected chi connectivity index (χ2v) is 11.0. The zero-order valence-corrected chi connectivity index (χ0v) is 22.5. The fourth-order valence-corrected chi connectivity index (χ4v) is 5.77. The maximum absolute atomic E-state index is 12.6. The minimum atomic E-state index is -0.315. The minimum Gasteiger partial charge on any atom is -0.460 e. The minimum absolute atomic E-state index is 0.0555. The number of rotatable bonds is 15. The lowest BCUT2D eigenvalue weighted by Gasteiger charge is -2.42. The predicted octanol–water partition coefficient (Wildman–Crippen LogP) is 4.86. The van der Waals surface area contributed by atoms with Gasteiger partial charge in [0.05, 0.1) is 18.6 Å². The average Bonchev–Trinajstić information content (AvgIpc) is 3.72. The van der Waals surface area contributed by atoms with Crippen molar-refractivity contribution in [2.24, 2.45) is 5.92 Å². The van der Waals surface area contributed by atoms with Crippen LogP contribution in [0.4, 0.5) is 0 Å². The molecule has 2 heterocycles. The zero-order valence-electron chi connectivity index (χ0n) is 22.5. The molecule has 0 bridgehead atoms. The second-order valence-electron chi connectivity index (χ2n) is 11.0. The van der Waals surface area contributed by atoms with Crippen molar-refractivity contribution in [3.05, 3.63) is 11.6 Å². The number of hydrogen-bond acceptors (Lipinski definition) is 6. The molecule has 7 nitrogen and oxygen atoms in total. The molecular formula is C28H47NO6. The first-order chi connectivity index (χ1) is 16.8. The zero-order chi connectivity index (χ0) is 25.5. The van der Waals surface area contributed by atoms with E-state index in [4.69, 9.17) is 18.9 Å². The summed E-state index contributed by atoms with van der Waals surface area (Å²) in [4.78, 5) is 24.1. The summed E-state index contributed by atoms with van der Waals surface area (Å²) >= 11 is 0. The van der Waals surface area contributed by atoms with Crippen molar-refractivity contribution in [1.29, 1.82) is 0 Å².